The number of rotatable bonds is 6. The van der Waals surface area contributed by atoms with Gasteiger partial charge in [0.15, 0.2) is 0 Å². The first-order chi connectivity index (χ1) is 35.0. The number of fused-ring (bicyclic) bond motifs is 8. The van der Waals surface area contributed by atoms with Gasteiger partial charge in [-0.3, -0.25) is 0 Å². The topological polar surface area (TPSA) is 9.72 Å². The standard InChI is InChI=1S/C69H64BN3/c1-45-42-48(46-18-12-11-13-19-46)25-41-61(45)72-62-44-56(71(53-32-26-50(27-33-53)67(2,3)4)54-34-28-51(29-35-54)68(5,6)7)38-40-60(62)70-65-63(72)43-49-21-15-16-22-57(49)64(65)59-39-24-47-20-14-17-23-58(47)66(59)73(70)55-36-30-52(31-37-55)69(8,9)10/h11-44H,1-10H3. The average molecular weight is 946 g/mol. The summed E-state index contributed by atoms with van der Waals surface area (Å²) in [5.41, 5.74) is 22.0. The van der Waals surface area contributed by atoms with Gasteiger partial charge in [0, 0.05) is 56.4 Å². The second kappa shape index (κ2) is 17.2. The Labute approximate surface area is 433 Å². The minimum atomic E-state index is -0.164. The highest BCUT2D eigenvalue weighted by molar-refractivity contribution is 6.94. The van der Waals surface area contributed by atoms with Gasteiger partial charge in [0.1, 0.15) is 0 Å². The highest BCUT2D eigenvalue weighted by Gasteiger charge is 2.46. The Bertz CT molecular complexity index is 3680. The molecule has 0 unspecified atom stereocenters. The van der Waals surface area contributed by atoms with Crippen molar-refractivity contribution < 1.29 is 0 Å². The summed E-state index contributed by atoms with van der Waals surface area (Å²) in [7, 11) is 0. The Morgan fingerprint density at radius 2 is 0.959 bits per heavy atom. The van der Waals surface area contributed by atoms with E-state index in [1.165, 1.54) is 94.0 Å². The smallest absolute Gasteiger partial charge is 0.333 e. The van der Waals surface area contributed by atoms with Crippen molar-refractivity contribution in [3.8, 4) is 22.3 Å². The fraction of sp³-hybridized carbons (Fsp3) is 0.188. The zero-order valence-electron chi connectivity index (χ0n) is 44.0. The van der Waals surface area contributed by atoms with Gasteiger partial charge in [0.05, 0.1) is 0 Å². The van der Waals surface area contributed by atoms with E-state index in [4.69, 9.17) is 0 Å². The third-order valence-corrected chi connectivity index (χ3v) is 15.6. The lowest BCUT2D eigenvalue weighted by atomic mass is 9.43. The Morgan fingerprint density at radius 1 is 0.411 bits per heavy atom. The molecule has 73 heavy (non-hydrogen) atoms. The van der Waals surface area contributed by atoms with Gasteiger partial charge in [0.2, 0.25) is 0 Å². The molecule has 0 spiro atoms. The van der Waals surface area contributed by atoms with E-state index in [-0.39, 0.29) is 23.1 Å². The van der Waals surface area contributed by atoms with E-state index in [2.05, 4.69) is 290 Å². The van der Waals surface area contributed by atoms with Crippen LogP contribution in [0.3, 0.4) is 0 Å². The van der Waals surface area contributed by atoms with Gasteiger partial charge in [-0.05, 0) is 156 Å². The molecule has 0 radical (unpaired) electrons. The summed E-state index contributed by atoms with van der Waals surface area (Å²) < 4.78 is 0. The Kier molecular flexibility index (Phi) is 10.9. The Balaban J connectivity index is 1.18. The van der Waals surface area contributed by atoms with E-state index >= 15 is 0 Å². The van der Waals surface area contributed by atoms with Crippen LogP contribution in [0, 0.1) is 6.92 Å². The monoisotopic (exact) mass is 946 g/mol. The van der Waals surface area contributed by atoms with Crippen molar-refractivity contribution in [2.45, 2.75) is 85.5 Å². The van der Waals surface area contributed by atoms with Crippen molar-refractivity contribution in [3.05, 3.63) is 229 Å². The van der Waals surface area contributed by atoms with Crippen LogP contribution in [-0.4, -0.2) is 6.85 Å². The number of benzene rings is 10. The molecule has 0 N–H and O–H groups in total. The fourth-order valence-electron chi connectivity index (χ4n) is 11.6. The first-order valence-corrected chi connectivity index (χ1v) is 26.1. The number of hydrogen-bond acceptors (Lipinski definition) is 3. The zero-order valence-corrected chi connectivity index (χ0v) is 44.0. The molecule has 4 heteroatoms. The maximum Gasteiger partial charge on any atom is 0.333 e. The molecule has 3 nitrogen and oxygen atoms in total. The summed E-state index contributed by atoms with van der Waals surface area (Å²) >= 11 is 0. The molecule has 2 aliphatic rings. The third-order valence-electron chi connectivity index (χ3n) is 15.6. The number of hydrogen-bond donors (Lipinski definition) is 0. The molecule has 0 fully saturated rings. The van der Waals surface area contributed by atoms with Gasteiger partial charge in [-0.15, -0.1) is 0 Å². The van der Waals surface area contributed by atoms with Crippen LogP contribution in [0.1, 0.15) is 84.6 Å². The first kappa shape index (κ1) is 46.3. The number of anilines is 8. The maximum absolute atomic E-state index is 2.68. The van der Waals surface area contributed by atoms with Crippen molar-refractivity contribution in [2.75, 3.05) is 14.6 Å². The molecular weight excluding hydrogens is 882 g/mol. The van der Waals surface area contributed by atoms with Crippen LogP contribution in [0.4, 0.5) is 45.5 Å². The minimum absolute atomic E-state index is 0.0119. The quantitative estimate of drug-likeness (QED) is 0.154. The minimum Gasteiger partial charge on any atom is -0.376 e. The van der Waals surface area contributed by atoms with Crippen LogP contribution in [0.5, 0.6) is 0 Å². The lowest BCUT2D eigenvalue weighted by molar-refractivity contribution is 0.590. The molecule has 0 atom stereocenters. The summed E-state index contributed by atoms with van der Waals surface area (Å²) in [4.78, 5) is 7.73. The van der Waals surface area contributed by atoms with E-state index in [9.17, 15) is 0 Å². The summed E-state index contributed by atoms with van der Waals surface area (Å²) in [6.45, 7) is 22.8. The van der Waals surface area contributed by atoms with Crippen LogP contribution >= 0.6 is 0 Å². The molecule has 0 aromatic heterocycles. The van der Waals surface area contributed by atoms with Crippen LogP contribution in [0.25, 0.3) is 43.8 Å². The van der Waals surface area contributed by atoms with E-state index < -0.39 is 0 Å². The van der Waals surface area contributed by atoms with Crippen LogP contribution in [0.15, 0.2) is 206 Å². The zero-order chi connectivity index (χ0) is 50.6. The molecule has 0 saturated heterocycles. The second-order valence-electron chi connectivity index (χ2n) is 23.5. The molecule has 12 rings (SSSR count). The summed E-state index contributed by atoms with van der Waals surface area (Å²) in [5.74, 6) is 0. The summed E-state index contributed by atoms with van der Waals surface area (Å²) in [6.07, 6.45) is 0. The fourth-order valence-corrected chi connectivity index (χ4v) is 11.6. The van der Waals surface area contributed by atoms with Gasteiger partial charge in [-0.2, -0.15) is 0 Å². The Morgan fingerprint density at radius 3 is 1.56 bits per heavy atom. The lowest BCUT2D eigenvalue weighted by Gasteiger charge is -2.47. The van der Waals surface area contributed by atoms with Crippen molar-refractivity contribution in [1.29, 1.82) is 0 Å². The van der Waals surface area contributed by atoms with Gasteiger partial charge in [-0.25, -0.2) is 0 Å². The average Bonchev–Trinajstić information content (AvgIpc) is 3.38. The van der Waals surface area contributed by atoms with Crippen LogP contribution < -0.4 is 25.5 Å². The molecule has 358 valence electrons. The third kappa shape index (κ3) is 7.91. The highest BCUT2D eigenvalue weighted by Crippen LogP contribution is 2.52. The van der Waals surface area contributed by atoms with E-state index in [1.807, 2.05) is 0 Å². The maximum atomic E-state index is 2.68. The predicted octanol–water partition coefficient (Wildman–Crippen LogP) is 18.0. The Hall–Kier alpha value is -7.82. The van der Waals surface area contributed by atoms with Crippen LogP contribution in [0.2, 0.25) is 0 Å². The molecule has 2 heterocycles. The second-order valence-corrected chi connectivity index (χ2v) is 23.5. The van der Waals surface area contributed by atoms with Crippen molar-refractivity contribution in [2.24, 2.45) is 0 Å². The molecular formula is C69H64BN3. The molecule has 0 saturated carbocycles. The van der Waals surface area contributed by atoms with Gasteiger partial charge in [-0.1, -0.05) is 202 Å². The van der Waals surface area contributed by atoms with Crippen molar-refractivity contribution in [1.82, 2.24) is 0 Å². The molecule has 0 bridgehead atoms. The van der Waals surface area contributed by atoms with Gasteiger partial charge >= 0.3 is 6.85 Å². The molecule has 0 aliphatic carbocycles. The lowest BCUT2D eigenvalue weighted by Crippen LogP contribution is -2.61. The molecule has 10 aromatic carbocycles. The summed E-state index contributed by atoms with van der Waals surface area (Å²) in [5, 5.41) is 4.97. The van der Waals surface area contributed by atoms with E-state index in [0.717, 1.165) is 28.4 Å². The predicted molar refractivity (Wildman–Crippen MR) is 316 cm³/mol. The largest absolute Gasteiger partial charge is 0.376 e. The van der Waals surface area contributed by atoms with Gasteiger partial charge in [0.25, 0.3) is 0 Å². The normalized spacial score (nSPS) is 13.3. The number of nitrogens with zero attached hydrogens (tertiary/aromatic N) is 3. The van der Waals surface area contributed by atoms with Crippen molar-refractivity contribution >= 4 is 84.8 Å². The molecule has 0 amide bonds. The SMILES string of the molecule is Cc1cc(-c2ccccc2)ccc1N1c2cc(N(c3ccc(C(C)(C)C)cc3)c3ccc(C(C)(C)C)cc3)ccc2B2c3c1cc1ccccc1c3-c1ccc3ccccc3c1N2c1ccc(C(C)(C)C)cc1. The first-order valence-electron chi connectivity index (χ1n) is 26.1. The van der Waals surface area contributed by atoms with E-state index in [0.29, 0.717) is 0 Å². The van der Waals surface area contributed by atoms with Gasteiger partial charge < -0.3 is 14.6 Å². The van der Waals surface area contributed by atoms with Crippen LogP contribution in [-0.2, 0) is 16.2 Å². The molecule has 10 aromatic rings. The van der Waals surface area contributed by atoms with E-state index in [1.54, 1.807) is 0 Å². The van der Waals surface area contributed by atoms with Crippen molar-refractivity contribution in [3.63, 3.8) is 0 Å². The molecule has 2 aliphatic heterocycles. The highest BCUT2D eigenvalue weighted by atomic mass is 15.2. The number of aryl methyl sites for hydroxylation is 1. The summed E-state index contributed by atoms with van der Waals surface area (Å²) in [6, 6.07) is 78.2.